The van der Waals surface area contributed by atoms with E-state index in [2.05, 4.69) is 15.9 Å². The van der Waals surface area contributed by atoms with Crippen LogP contribution in [0.1, 0.15) is 22.3 Å². The van der Waals surface area contributed by atoms with Gasteiger partial charge in [0.2, 0.25) is 0 Å². The number of carbonyl (C=O) groups is 1. The first-order chi connectivity index (χ1) is 11.6. The molecule has 0 aliphatic carbocycles. The number of benzene rings is 2. The highest BCUT2D eigenvalue weighted by Gasteiger charge is 2.21. The minimum absolute atomic E-state index is 0.00946. The van der Waals surface area contributed by atoms with Gasteiger partial charge in [-0.05, 0) is 42.0 Å². The van der Waals surface area contributed by atoms with Crippen molar-refractivity contribution in [2.75, 3.05) is 20.8 Å². The molecule has 0 spiro atoms. The molecule has 1 heterocycles. The summed E-state index contributed by atoms with van der Waals surface area (Å²) in [6.07, 6.45) is 2.43. The fraction of sp³-hybridized carbons (Fsp3) is 0.211. The number of hydrogen-bond donors (Lipinski definition) is 0. The van der Waals surface area contributed by atoms with Gasteiger partial charge in [-0.3, -0.25) is 4.79 Å². The molecule has 24 heavy (non-hydrogen) atoms. The fourth-order valence-corrected chi connectivity index (χ4v) is 2.98. The maximum atomic E-state index is 12.8. The van der Waals surface area contributed by atoms with Gasteiger partial charge in [0, 0.05) is 16.5 Å². The van der Waals surface area contributed by atoms with E-state index in [0.717, 1.165) is 10.0 Å². The number of methoxy groups -OCH3 is 2. The summed E-state index contributed by atoms with van der Waals surface area (Å²) in [5.74, 6) is 1.90. The van der Waals surface area contributed by atoms with Crippen molar-refractivity contribution in [1.82, 2.24) is 0 Å². The Morgan fingerprint density at radius 3 is 2.62 bits per heavy atom. The number of ketones is 1. The van der Waals surface area contributed by atoms with Gasteiger partial charge in [-0.2, -0.15) is 0 Å². The molecule has 0 amide bonds. The molecule has 0 aromatic heterocycles. The van der Waals surface area contributed by atoms with Crippen LogP contribution in [0.5, 0.6) is 17.2 Å². The molecule has 0 saturated heterocycles. The molecule has 2 aromatic rings. The Bertz CT molecular complexity index is 811. The van der Waals surface area contributed by atoms with Gasteiger partial charge in [0.1, 0.15) is 5.75 Å². The number of ether oxygens (including phenoxy) is 3. The minimum atomic E-state index is -0.00946. The second kappa shape index (κ2) is 7.09. The van der Waals surface area contributed by atoms with Gasteiger partial charge in [-0.15, -0.1) is 0 Å². The smallest absolute Gasteiger partial charge is 0.192 e. The third kappa shape index (κ3) is 3.31. The van der Waals surface area contributed by atoms with E-state index < -0.39 is 0 Å². The van der Waals surface area contributed by atoms with Crippen molar-refractivity contribution >= 4 is 27.8 Å². The summed E-state index contributed by atoms with van der Waals surface area (Å²) in [6.45, 7) is 0.467. The number of carbonyl (C=O) groups excluding carboxylic acids is 1. The predicted molar refractivity (Wildman–Crippen MR) is 96.1 cm³/mol. The Morgan fingerprint density at radius 1 is 1.08 bits per heavy atom. The second-order valence-electron chi connectivity index (χ2n) is 5.35. The third-order valence-corrected chi connectivity index (χ3v) is 4.35. The van der Waals surface area contributed by atoms with Crippen LogP contribution in [0.15, 0.2) is 46.4 Å². The lowest BCUT2D eigenvalue weighted by molar-refractivity contribution is 0.103. The summed E-state index contributed by atoms with van der Waals surface area (Å²) < 4.78 is 17.2. The van der Waals surface area contributed by atoms with Gasteiger partial charge in [0.05, 0.1) is 26.4 Å². The molecule has 124 valence electrons. The summed E-state index contributed by atoms with van der Waals surface area (Å²) in [5, 5.41) is 0. The van der Waals surface area contributed by atoms with Gasteiger partial charge in [0.15, 0.2) is 17.3 Å². The van der Waals surface area contributed by atoms with Crippen molar-refractivity contribution < 1.29 is 19.0 Å². The standard InChI is InChI=1S/C19H17BrO4/c1-22-16-6-3-12(10-18(16)23-2)9-13-7-8-24-17-11-14(20)4-5-15(17)19(13)21/h3-6,9-11H,7-8H2,1-2H3/b13-9-. The number of fused-ring (bicyclic) bond motifs is 1. The topological polar surface area (TPSA) is 44.8 Å². The zero-order valence-corrected chi connectivity index (χ0v) is 15.1. The van der Waals surface area contributed by atoms with Crippen LogP contribution in [0.3, 0.4) is 0 Å². The highest BCUT2D eigenvalue weighted by atomic mass is 79.9. The summed E-state index contributed by atoms with van der Waals surface area (Å²) in [7, 11) is 3.19. The Hall–Kier alpha value is -2.27. The first-order valence-corrected chi connectivity index (χ1v) is 8.31. The van der Waals surface area contributed by atoms with Crippen molar-refractivity contribution in [3.05, 3.63) is 57.6 Å². The lowest BCUT2D eigenvalue weighted by Crippen LogP contribution is -2.02. The van der Waals surface area contributed by atoms with Crippen LogP contribution < -0.4 is 14.2 Å². The number of rotatable bonds is 3. The van der Waals surface area contributed by atoms with E-state index in [1.165, 1.54) is 0 Å². The molecule has 0 N–H and O–H groups in total. The van der Waals surface area contributed by atoms with Crippen LogP contribution in [0.25, 0.3) is 6.08 Å². The average Bonchev–Trinajstić information content (AvgIpc) is 2.74. The van der Waals surface area contributed by atoms with E-state index >= 15 is 0 Å². The molecule has 0 atom stereocenters. The van der Waals surface area contributed by atoms with E-state index in [-0.39, 0.29) is 5.78 Å². The van der Waals surface area contributed by atoms with Crippen molar-refractivity contribution in [2.45, 2.75) is 6.42 Å². The number of Topliss-reactive ketones (excluding diaryl/α,β-unsaturated/α-hetero) is 1. The molecule has 1 aliphatic heterocycles. The van der Waals surface area contributed by atoms with Crippen molar-refractivity contribution in [2.24, 2.45) is 0 Å². The highest BCUT2D eigenvalue weighted by molar-refractivity contribution is 9.10. The molecule has 5 heteroatoms. The molecule has 2 aromatic carbocycles. The Morgan fingerprint density at radius 2 is 1.88 bits per heavy atom. The summed E-state index contributed by atoms with van der Waals surface area (Å²) in [4.78, 5) is 12.8. The molecule has 0 bridgehead atoms. The van der Waals surface area contributed by atoms with Gasteiger partial charge in [-0.25, -0.2) is 0 Å². The fourth-order valence-electron chi connectivity index (χ4n) is 2.64. The quantitative estimate of drug-likeness (QED) is 0.725. The van der Waals surface area contributed by atoms with Crippen LogP contribution in [0.4, 0.5) is 0 Å². The zero-order chi connectivity index (χ0) is 17.1. The predicted octanol–water partition coefficient (Wildman–Crippen LogP) is 4.52. The average molecular weight is 389 g/mol. The van der Waals surface area contributed by atoms with E-state index in [9.17, 15) is 4.79 Å². The molecule has 1 aliphatic rings. The Balaban J connectivity index is 1.98. The van der Waals surface area contributed by atoms with E-state index in [1.807, 2.05) is 36.4 Å². The minimum Gasteiger partial charge on any atom is -0.493 e. The van der Waals surface area contributed by atoms with E-state index in [0.29, 0.717) is 41.4 Å². The zero-order valence-electron chi connectivity index (χ0n) is 13.5. The summed E-state index contributed by atoms with van der Waals surface area (Å²) in [6, 6.07) is 11.0. The lowest BCUT2D eigenvalue weighted by atomic mass is 9.99. The van der Waals surface area contributed by atoms with Crippen molar-refractivity contribution in [1.29, 1.82) is 0 Å². The molecular formula is C19H17BrO4. The molecule has 3 rings (SSSR count). The molecular weight excluding hydrogens is 372 g/mol. The third-order valence-electron chi connectivity index (χ3n) is 3.86. The summed E-state index contributed by atoms with van der Waals surface area (Å²) >= 11 is 3.40. The SMILES string of the molecule is COc1ccc(/C=C2/CCOc3cc(Br)ccc3C2=O)cc1OC. The molecule has 4 nitrogen and oxygen atoms in total. The monoisotopic (exact) mass is 388 g/mol. The number of halogens is 1. The molecule has 0 radical (unpaired) electrons. The van der Waals surface area contributed by atoms with Crippen LogP contribution in [-0.2, 0) is 0 Å². The maximum Gasteiger partial charge on any atom is 0.192 e. The Kier molecular flexibility index (Phi) is 4.90. The Labute approximate surface area is 149 Å². The first kappa shape index (κ1) is 16.6. The van der Waals surface area contributed by atoms with Crippen molar-refractivity contribution in [3.63, 3.8) is 0 Å². The molecule has 0 saturated carbocycles. The van der Waals surface area contributed by atoms with Crippen LogP contribution in [0.2, 0.25) is 0 Å². The van der Waals surface area contributed by atoms with Crippen molar-refractivity contribution in [3.8, 4) is 17.2 Å². The summed E-state index contributed by atoms with van der Waals surface area (Å²) in [5.41, 5.74) is 2.18. The van der Waals surface area contributed by atoms with Crippen LogP contribution in [-0.4, -0.2) is 26.6 Å². The second-order valence-corrected chi connectivity index (χ2v) is 6.27. The van der Waals surface area contributed by atoms with Gasteiger partial charge < -0.3 is 14.2 Å². The van der Waals surface area contributed by atoms with Crippen LogP contribution >= 0.6 is 15.9 Å². The highest BCUT2D eigenvalue weighted by Crippen LogP contribution is 2.32. The van der Waals surface area contributed by atoms with Gasteiger partial charge >= 0.3 is 0 Å². The van der Waals surface area contributed by atoms with Gasteiger partial charge in [0.25, 0.3) is 0 Å². The molecule has 0 fully saturated rings. The van der Waals surface area contributed by atoms with Gasteiger partial charge in [-0.1, -0.05) is 22.0 Å². The van der Waals surface area contributed by atoms with E-state index in [4.69, 9.17) is 14.2 Å². The lowest BCUT2D eigenvalue weighted by Gasteiger charge is -2.09. The maximum absolute atomic E-state index is 12.8. The normalized spacial score (nSPS) is 15.5. The molecule has 0 unspecified atom stereocenters. The number of hydrogen-bond acceptors (Lipinski definition) is 4. The van der Waals surface area contributed by atoms with Crippen LogP contribution in [0, 0.1) is 0 Å². The van der Waals surface area contributed by atoms with E-state index in [1.54, 1.807) is 20.3 Å². The first-order valence-electron chi connectivity index (χ1n) is 7.52. The largest absolute Gasteiger partial charge is 0.493 e.